The number of likely N-dealkylation sites (N-methyl/N-ethyl adjacent to an activating group) is 1. The maximum absolute atomic E-state index is 12.9. The van der Waals surface area contributed by atoms with Crippen LogP contribution in [0.2, 0.25) is 0 Å². The summed E-state index contributed by atoms with van der Waals surface area (Å²) in [5.41, 5.74) is 3.18. The molecular formula is C24H29N7OS. The van der Waals surface area contributed by atoms with Gasteiger partial charge in [-0.3, -0.25) is 9.69 Å². The first-order valence-electron chi connectivity index (χ1n) is 11.7. The van der Waals surface area contributed by atoms with Gasteiger partial charge in [0.2, 0.25) is 5.95 Å². The topological polar surface area (TPSA) is 77.5 Å². The molecule has 3 fully saturated rings. The van der Waals surface area contributed by atoms with Crippen LogP contribution in [-0.2, 0) is 0 Å². The molecule has 2 aliphatic heterocycles. The zero-order chi connectivity index (χ0) is 22.7. The van der Waals surface area contributed by atoms with Crippen LogP contribution in [0.4, 0.5) is 17.5 Å². The number of nitrogens with one attached hydrogen (secondary N) is 1. The first kappa shape index (κ1) is 20.8. The van der Waals surface area contributed by atoms with Crippen molar-refractivity contribution >= 4 is 44.9 Å². The highest BCUT2D eigenvalue weighted by Crippen LogP contribution is 2.43. The van der Waals surface area contributed by atoms with Crippen molar-refractivity contribution in [2.24, 2.45) is 0 Å². The highest BCUT2D eigenvalue weighted by molar-refractivity contribution is 7.21. The van der Waals surface area contributed by atoms with Gasteiger partial charge in [-0.1, -0.05) is 12.8 Å². The van der Waals surface area contributed by atoms with Crippen LogP contribution in [0.3, 0.4) is 0 Å². The molecule has 0 spiro atoms. The Balaban J connectivity index is 1.26. The number of fused-ring (bicyclic) bond motifs is 2. The molecule has 3 aromatic heterocycles. The minimum absolute atomic E-state index is 0.0533. The number of carbonyl (C=O) groups excluding carboxylic acids is 1. The zero-order valence-corrected chi connectivity index (χ0v) is 20.1. The number of aromatic nitrogens is 3. The Morgan fingerprint density at radius 2 is 1.94 bits per heavy atom. The summed E-state index contributed by atoms with van der Waals surface area (Å²) in [7, 11) is 5.80. The van der Waals surface area contributed by atoms with E-state index in [-0.39, 0.29) is 5.91 Å². The van der Waals surface area contributed by atoms with Gasteiger partial charge in [0.15, 0.2) is 0 Å². The lowest BCUT2D eigenvalue weighted by Crippen LogP contribution is -2.78. The molecule has 5 heterocycles. The molecule has 2 atom stereocenters. The molecule has 9 heteroatoms. The third kappa shape index (κ3) is 3.45. The van der Waals surface area contributed by atoms with Crippen LogP contribution >= 0.6 is 11.3 Å². The molecule has 3 aromatic rings. The second-order valence-electron chi connectivity index (χ2n) is 9.69. The molecule has 1 unspecified atom stereocenters. The first-order chi connectivity index (χ1) is 16.0. The van der Waals surface area contributed by atoms with Gasteiger partial charge in [0.25, 0.3) is 5.91 Å². The number of pyridine rings is 1. The quantitative estimate of drug-likeness (QED) is 0.618. The van der Waals surface area contributed by atoms with Crippen molar-refractivity contribution in [1.29, 1.82) is 0 Å². The number of rotatable bonds is 5. The second kappa shape index (κ2) is 7.92. The molecule has 33 heavy (non-hydrogen) atoms. The number of thiophene rings is 1. The number of amides is 1. The van der Waals surface area contributed by atoms with E-state index in [0.717, 1.165) is 52.4 Å². The lowest BCUT2D eigenvalue weighted by Gasteiger charge is -2.61. The number of likely N-dealkylation sites (tertiary alicyclic amines) is 1. The molecule has 1 saturated carbocycles. The van der Waals surface area contributed by atoms with Crippen LogP contribution in [0, 0.1) is 0 Å². The fourth-order valence-electron chi connectivity index (χ4n) is 5.44. The molecule has 1 aliphatic carbocycles. The van der Waals surface area contributed by atoms with E-state index in [1.54, 1.807) is 4.90 Å². The van der Waals surface area contributed by atoms with Crippen molar-refractivity contribution in [2.75, 3.05) is 44.4 Å². The molecule has 3 aliphatic rings. The molecule has 1 amide bonds. The standard InChI is InChI=1S/C24H29N7OS/c1-29(2)23(32)22-20(14-6-4-5-7-14)21-18(33-22)11-26-24(28-21)27-19-9-8-15(10-25-19)31-13-16-17(31)12-30(16)3/h8-11,14,16-17H,4-7,12-13H2,1-3H3,(H,25,26,27,28)/t16?,17-/m1/s1. The Kier molecular flexibility index (Phi) is 4.99. The average Bonchev–Trinajstić information content (AvgIpc) is 3.45. The summed E-state index contributed by atoms with van der Waals surface area (Å²) in [6.45, 7) is 2.20. The van der Waals surface area contributed by atoms with Crippen molar-refractivity contribution in [3.05, 3.63) is 35.0 Å². The van der Waals surface area contributed by atoms with E-state index in [0.29, 0.717) is 23.9 Å². The van der Waals surface area contributed by atoms with E-state index >= 15 is 0 Å². The van der Waals surface area contributed by atoms with Gasteiger partial charge in [0, 0.05) is 38.8 Å². The molecule has 2 saturated heterocycles. The molecule has 0 bridgehead atoms. The summed E-state index contributed by atoms with van der Waals surface area (Å²) >= 11 is 1.51. The largest absolute Gasteiger partial charge is 0.363 e. The smallest absolute Gasteiger partial charge is 0.263 e. The van der Waals surface area contributed by atoms with Gasteiger partial charge in [-0.25, -0.2) is 15.0 Å². The zero-order valence-electron chi connectivity index (χ0n) is 19.3. The molecular weight excluding hydrogens is 434 g/mol. The van der Waals surface area contributed by atoms with Crippen LogP contribution in [-0.4, -0.2) is 77.0 Å². The van der Waals surface area contributed by atoms with E-state index in [1.165, 1.54) is 29.9 Å². The van der Waals surface area contributed by atoms with Crippen LogP contribution in [0.15, 0.2) is 24.5 Å². The summed E-state index contributed by atoms with van der Waals surface area (Å²) < 4.78 is 0.966. The van der Waals surface area contributed by atoms with Crippen molar-refractivity contribution in [1.82, 2.24) is 24.8 Å². The van der Waals surface area contributed by atoms with Crippen LogP contribution in [0.5, 0.6) is 0 Å². The van der Waals surface area contributed by atoms with E-state index in [1.807, 2.05) is 32.6 Å². The van der Waals surface area contributed by atoms with Crippen molar-refractivity contribution in [3.63, 3.8) is 0 Å². The molecule has 0 radical (unpaired) electrons. The van der Waals surface area contributed by atoms with Gasteiger partial charge in [-0.2, -0.15) is 0 Å². The third-order valence-electron chi connectivity index (χ3n) is 7.42. The van der Waals surface area contributed by atoms with Gasteiger partial charge in [-0.15, -0.1) is 11.3 Å². The molecule has 1 N–H and O–H groups in total. The van der Waals surface area contributed by atoms with Crippen LogP contribution in [0.25, 0.3) is 10.2 Å². The monoisotopic (exact) mass is 463 g/mol. The van der Waals surface area contributed by atoms with E-state index in [9.17, 15) is 4.79 Å². The molecule has 172 valence electrons. The summed E-state index contributed by atoms with van der Waals surface area (Å²) in [6.07, 6.45) is 8.41. The Morgan fingerprint density at radius 1 is 1.12 bits per heavy atom. The maximum Gasteiger partial charge on any atom is 0.263 e. The highest BCUT2D eigenvalue weighted by atomic mass is 32.1. The Morgan fingerprint density at radius 3 is 2.58 bits per heavy atom. The maximum atomic E-state index is 12.9. The van der Waals surface area contributed by atoms with E-state index < -0.39 is 0 Å². The first-order valence-corrected chi connectivity index (χ1v) is 12.5. The fraction of sp³-hybridized carbons (Fsp3) is 0.500. The van der Waals surface area contributed by atoms with Gasteiger partial charge >= 0.3 is 0 Å². The SMILES string of the molecule is CN(C)C(=O)c1sc2cnc(Nc3ccc(N4CC5[C@H]4CN5C)cn3)nc2c1C1CCCC1. The summed E-state index contributed by atoms with van der Waals surface area (Å²) in [4.78, 5) is 34.2. The highest BCUT2D eigenvalue weighted by Gasteiger charge is 2.49. The number of anilines is 3. The van der Waals surface area contributed by atoms with Gasteiger partial charge < -0.3 is 15.1 Å². The van der Waals surface area contributed by atoms with Crippen molar-refractivity contribution in [3.8, 4) is 0 Å². The number of hydrogen-bond acceptors (Lipinski definition) is 8. The predicted molar refractivity (Wildman–Crippen MR) is 132 cm³/mol. The number of carbonyl (C=O) groups is 1. The second-order valence-corrected chi connectivity index (χ2v) is 10.7. The van der Waals surface area contributed by atoms with Crippen molar-refractivity contribution < 1.29 is 4.79 Å². The third-order valence-corrected chi connectivity index (χ3v) is 8.54. The molecule has 6 rings (SSSR count). The molecule has 0 aromatic carbocycles. The Bertz CT molecular complexity index is 1200. The van der Waals surface area contributed by atoms with Crippen molar-refractivity contribution in [2.45, 2.75) is 43.7 Å². The van der Waals surface area contributed by atoms with Gasteiger partial charge in [-0.05, 0) is 37.9 Å². The summed E-state index contributed by atoms with van der Waals surface area (Å²) in [6, 6.07) is 5.44. The number of nitrogens with zero attached hydrogens (tertiary/aromatic N) is 6. The fourth-order valence-corrected chi connectivity index (χ4v) is 6.66. The molecule has 8 nitrogen and oxygen atoms in total. The Labute approximate surface area is 197 Å². The van der Waals surface area contributed by atoms with Gasteiger partial charge in [0.1, 0.15) is 5.82 Å². The van der Waals surface area contributed by atoms with E-state index in [4.69, 9.17) is 4.98 Å². The minimum Gasteiger partial charge on any atom is -0.363 e. The number of piperazine rings is 1. The normalized spacial score (nSPS) is 22.7. The average molecular weight is 464 g/mol. The predicted octanol–water partition coefficient (Wildman–Crippen LogP) is 3.69. The lowest BCUT2D eigenvalue weighted by molar-refractivity contribution is 0.0368. The summed E-state index contributed by atoms with van der Waals surface area (Å²) in [5.74, 6) is 1.69. The lowest BCUT2D eigenvalue weighted by atomic mass is 9.86. The minimum atomic E-state index is 0.0533. The number of hydrogen-bond donors (Lipinski definition) is 1. The summed E-state index contributed by atoms with van der Waals surface area (Å²) in [5, 5.41) is 3.27. The van der Waals surface area contributed by atoms with E-state index in [2.05, 4.69) is 38.2 Å². The van der Waals surface area contributed by atoms with Crippen LogP contribution < -0.4 is 10.2 Å². The van der Waals surface area contributed by atoms with Crippen LogP contribution in [0.1, 0.15) is 46.8 Å². The van der Waals surface area contributed by atoms with Gasteiger partial charge in [0.05, 0.1) is 39.2 Å². The Hall–Kier alpha value is -2.78.